The summed E-state index contributed by atoms with van der Waals surface area (Å²) in [6, 6.07) is 0.233. The van der Waals surface area contributed by atoms with Crippen molar-refractivity contribution in [3.8, 4) is 0 Å². The average Bonchev–Trinajstić information content (AvgIpc) is 3.19. The van der Waals surface area contributed by atoms with Crippen molar-refractivity contribution in [2.24, 2.45) is 39.7 Å². The van der Waals surface area contributed by atoms with E-state index in [9.17, 15) is 9.90 Å². The van der Waals surface area contributed by atoms with Crippen molar-refractivity contribution in [2.45, 2.75) is 104 Å². The largest absolute Gasteiger partial charge is 0.535 e. The number of ether oxygens (including phenoxy) is 1. The van der Waals surface area contributed by atoms with Crippen LogP contribution in [0.2, 0.25) is 0 Å². The molecule has 8 atom stereocenters. The minimum atomic E-state index is -0.686. The Hall–Kier alpha value is -1.40. The number of piperidine rings is 1. The third kappa shape index (κ3) is 4.34. The fourth-order valence-corrected chi connectivity index (χ4v) is 8.83. The Labute approximate surface area is 204 Å². The van der Waals surface area contributed by atoms with Crippen molar-refractivity contribution in [3.05, 3.63) is 11.6 Å². The predicted molar refractivity (Wildman–Crippen MR) is 132 cm³/mol. The van der Waals surface area contributed by atoms with Gasteiger partial charge in [-0.1, -0.05) is 37.1 Å². The molecule has 6 nitrogen and oxygen atoms in total. The highest BCUT2D eigenvalue weighted by molar-refractivity contribution is 5.85. The van der Waals surface area contributed by atoms with Crippen molar-refractivity contribution in [1.29, 1.82) is 0 Å². The number of carbonyl (C=O) groups is 1. The molecule has 4 aliphatic carbocycles. The Morgan fingerprint density at radius 1 is 1.12 bits per heavy atom. The minimum absolute atomic E-state index is 0.222. The molecule has 0 spiro atoms. The Morgan fingerprint density at radius 3 is 2.76 bits per heavy atom. The van der Waals surface area contributed by atoms with Gasteiger partial charge < -0.3 is 15.2 Å². The molecule has 0 radical (unpaired) electrons. The summed E-state index contributed by atoms with van der Waals surface area (Å²) in [6.07, 6.45) is 13.9. The summed E-state index contributed by atoms with van der Waals surface area (Å²) in [6.45, 7) is 8.32. The topological polar surface area (TPSA) is 80.2 Å². The summed E-state index contributed by atoms with van der Waals surface area (Å²) >= 11 is 0. The number of fused-ring (bicyclic) bond motifs is 5. The summed E-state index contributed by atoms with van der Waals surface area (Å²) in [7, 11) is 0. The van der Waals surface area contributed by atoms with Crippen LogP contribution in [0.3, 0.4) is 0 Å². The molecule has 0 aromatic rings. The van der Waals surface area contributed by atoms with Crippen molar-refractivity contribution >= 4 is 11.9 Å². The van der Waals surface area contributed by atoms with E-state index in [-0.39, 0.29) is 23.0 Å². The van der Waals surface area contributed by atoms with Crippen molar-refractivity contribution < 1.29 is 19.5 Å². The highest BCUT2D eigenvalue weighted by atomic mass is 16.8. The van der Waals surface area contributed by atoms with Gasteiger partial charge in [-0.05, 0) is 106 Å². The second-order valence-electron chi connectivity index (χ2n) is 12.3. The first-order valence-electron chi connectivity index (χ1n) is 13.8. The van der Waals surface area contributed by atoms with Gasteiger partial charge in [0.1, 0.15) is 6.61 Å². The molecule has 6 heteroatoms. The molecule has 3 saturated carbocycles. The molecule has 2 N–H and O–H groups in total. The van der Waals surface area contributed by atoms with Gasteiger partial charge in [0.2, 0.25) is 0 Å². The van der Waals surface area contributed by atoms with Crippen LogP contribution in [0.25, 0.3) is 0 Å². The lowest BCUT2D eigenvalue weighted by Gasteiger charge is -2.58. The Bertz CT molecular complexity index is 834. The van der Waals surface area contributed by atoms with Gasteiger partial charge >= 0.3 is 6.16 Å². The predicted octanol–water partition coefficient (Wildman–Crippen LogP) is 5.60. The molecular formula is C28H44N2O4. The normalized spacial score (nSPS) is 44.4. The van der Waals surface area contributed by atoms with Gasteiger partial charge in [-0.15, -0.1) is 0 Å². The van der Waals surface area contributed by atoms with E-state index < -0.39 is 6.16 Å². The lowest BCUT2D eigenvalue weighted by atomic mass is 9.46. The Kier molecular flexibility index (Phi) is 6.84. The quantitative estimate of drug-likeness (QED) is 0.183. The summed E-state index contributed by atoms with van der Waals surface area (Å²) < 4.78 is 5.31. The van der Waals surface area contributed by atoms with Crippen LogP contribution in [0.5, 0.6) is 0 Å². The van der Waals surface area contributed by atoms with Gasteiger partial charge in [0.25, 0.3) is 0 Å². The number of hydrogen-bond acceptors (Lipinski definition) is 6. The monoisotopic (exact) mass is 472 g/mol. The van der Waals surface area contributed by atoms with E-state index in [0.29, 0.717) is 18.4 Å². The second-order valence-corrected chi connectivity index (χ2v) is 12.3. The number of nitrogens with one attached hydrogen (secondary N) is 1. The molecule has 0 amide bonds. The molecule has 0 bridgehead atoms. The summed E-state index contributed by atoms with van der Waals surface area (Å²) in [4.78, 5) is 17.3. The van der Waals surface area contributed by atoms with Crippen LogP contribution in [-0.4, -0.2) is 42.3 Å². The van der Waals surface area contributed by atoms with Crippen LogP contribution in [0, 0.1) is 34.5 Å². The zero-order chi connectivity index (χ0) is 23.9. The second kappa shape index (κ2) is 9.57. The number of aliphatic hydroxyl groups is 1. The van der Waals surface area contributed by atoms with Crippen LogP contribution in [0.4, 0.5) is 4.79 Å². The first-order chi connectivity index (χ1) is 16.3. The smallest absolute Gasteiger partial charge is 0.431 e. The van der Waals surface area contributed by atoms with Gasteiger partial charge in [0.05, 0.1) is 11.8 Å². The minimum Gasteiger partial charge on any atom is -0.431 e. The van der Waals surface area contributed by atoms with E-state index >= 15 is 0 Å². The number of hydrogen-bond donors (Lipinski definition) is 2. The molecule has 34 heavy (non-hydrogen) atoms. The molecule has 1 aliphatic heterocycles. The number of aliphatic hydroxyl groups excluding tert-OH is 1. The van der Waals surface area contributed by atoms with E-state index in [1.54, 1.807) is 0 Å². The van der Waals surface area contributed by atoms with Gasteiger partial charge in [-0.2, -0.15) is 0 Å². The molecule has 1 saturated heterocycles. The van der Waals surface area contributed by atoms with Crippen LogP contribution in [0.15, 0.2) is 16.8 Å². The lowest BCUT2D eigenvalue weighted by molar-refractivity contribution is -0.0480. The fourth-order valence-electron chi connectivity index (χ4n) is 8.83. The zero-order valence-corrected chi connectivity index (χ0v) is 21.4. The van der Waals surface area contributed by atoms with Crippen molar-refractivity contribution in [2.75, 3.05) is 13.2 Å². The number of nitrogens with zero attached hydrogens (tertiary/aromatic N) is 1. The number of carbonyl (C=O) groups excluding carboxylic acids is 1. The maximum Gasteiger partial charge on any atom is 0.535 e. The summed E-state index contributed by atoms with van der Waals surface area (Å²) in [5.74, 6) is 2.55. The van der Waals surface area contributed by atoms with E-state index in [0.717, 1.165) is 56.2 Å². The van der Waals surface area contributed by atoms with Crippen molar-refractivity contribution in [3.63, 3.8) is 0 Å². The van der Waals surface area contributed by atoms with Crippen LogP contribution < -0.4 is 5.32 Å². The molecule has 5 rings (SSSR count). The number of allylic oxidation sites excluding steroid dienone is 1. The Balaban J connectivity index is 1.21. The molecule has 0 aromatic heterocycles. The van der Waals surface area contributed by atoms with Crippen LogP contribution in [-0.2, 0) is 9.57 Å². The fraction of sp³-hybridized carbons (Fsp3) is 0.857. The molecule has 4 fully saturated rings. The first kappa shape index (κ1) is 24.3. The highest BCUT2D eigenvalue weighted by Crippen LogP contribution is 2.66. The van der Waals surface area contributed by atoms with Gasteiger partial charge in [0.15, 0.2) is 0 Å². The third-order valence-electron chi connectivity index (χ3n) is 10.7. The lowest BCUT2D eigenvalue weighted by Crippen LogP contribution is -2.51. The van der Waals surface area contributed by atoms with E-state index in [1.165, 1.54) is 44.1 Å². The molecular weight excluding hydrogens is 428 g/mol. The molecule has 190 valence electrons. The third-order valence-corrected chi connectivity index (χ3v) is 10.7. The standard InChI is InChI=1S/C28H44N2O4/c1-18(30-34-26(32)33-17-20-6-4-5-15-29-20)23-9-10-24-22-8-7-19-16-21(31)11-13-27(19,2)25(22)12-14-28(23,24)3/h16,20-25,29,31H,4-15,17H2,1-3H3/b30-18+/t20?,21-,22+,23-,24+,25+,27+,28-/m1/s1. The molecule has 5 aliphatic rings. The van der Waals surface area contributed by atoms with Crippen LogP contribution >= 0.6 is 0 Å². The molecule has 0 aromatic carbocycles. The molecule has 1 heterocycles. The number of oxime groups is 1. The summed E-state index contributed by atoms with van der Waals surface area (Å²) in [5.41, 5.74) is 2.96. The first-order valence-corrected chi connectivity index (χ1v) is 13.8. The SMILES string of the molecule is C/C(=N\OC(=O)OCC1CCCCN1)[C@H]1CC[C@H]2[C@@H]3CCC4=C[C@H](O)CC[C@]4(C)[C@H]3CC[C@]12C. The zero-order valence-electron chi connectivity index (χ0n) is 21.4. The van der Waals surface area contributed by atoms with Crippen LogP contribution in [0.1, 0.15) is 91.4 Å². The van der Waals surface area contributed by atoms with Gasteiger partial charge in [-0.25, -0.2) is 4.79 Å². The maximum absolute atomic E-state index is 12.1. The maximum atomic E-state index is 12.1. The van der Waals surface area contributed by atoms with E-state index in [2.05, 4.69) is 30.4 Å². The van der Waals surface area contributed by atoms with Gasteiger partial charge in [0, 0.05) is 12.0 Å². The molecule has 1 unspecified atom stereocenters. The van der Waals surface area contributed by atoms with E-state index in [1.807, 2.05) is 6.92 Å². The summed E-state index contributed by atoms with van der Waals surface area (Å²) in [5, 5.41) is 17.9. The van der Waals surface area contributed by atoms with Gasteiger partial charge in [-0.3, -0.25) is 4.84 Å². The van der Waals surface area contributed by atoms with Crippen molar-refractivity contribution in [1.82, 2.24) is 5.32 Å². The highest BCUT2D eigenvalue weighted by Gasteiger charge is 2.59. The average molecular weight is 473 g/mol. The van der Waals surface area contributed by atoms with E-state index in [4.69, 9.17) is 9.57 Å². The Morgan fingerprint density at radius 2 is 1.97 bits per heavy atom. The number of rotatable bonds is 4.